The second-order valence-corrected chi connectivity index (χ2v) is 4.50. The standard InChI is InChI=1S/C9H18N2/c1-9(2)8(10)7-3-5-11(9)6-4-7/h7-8H,3-6,10H2,1-2H3/t8-/m0/s1. The second kappa shape index (κ2) is 2.20. The van der Waals surface area contributed by atoms with E-state index < -0.39 is 0 Å². The lowest BCUT2D eigenvalue weighted by molar-refractivity contribution is -0.0263. The average molecular weight is 154 g/mol. The zero-order valence-corrected chi connectivity index (χ0v) is 7.51. The summed E-state index contributed by atoms with van der Waals surface area (Å²) in [5.41, 5.74) is 6.42. The molecular formula is C9H18N2. The van der Waals surface area contributed by atoms with Gasteiger partial charge in [0, 0.05) is 11.6 Å². The van der Waals surface area contributed by atoms with Gasteiger partial charge in [0.15, 0.2) is 0 Å². The summed E-state index contributed by atoms with van der Waals surface area (Å²) in [5, 5.41) is 0. The van der Waals surface area contributed by atoms with Crippen LogP contribution in [0.25, 0.3) is 0 Å². The van der Waals surface area contributed by atoms with Crippen molar-refractivity contribution in [2.24, 2.45) is 11.7 Å². The molecule has 2 nitrogen and oxygen atoms in total. The molecule has 2 N–H and O–H groups in total. The molecule has 2 bridgehead atoms. The van der Waals surface area contributed by atoms with Crippen LogP contribution in [-0.4, -0.2) is 29.6 Å². The van der Waals surface area contributed by atoms with Gasteiger partial charge in [0.2, 0.25) is 0 Å². The van der Waals surface area contributed by atoms with Crippen molar-refractivity contribution in [1.82, 2.24) is 4.90 Å². The van der Waals surface area contributed by atoms with Crippen LogP contribution >= 0.6 is 0 Å². The molecule has 2 heteroatoms. The van der Waals surface area contributed by atoms with Crippen molar-refractivity contribution in [2.75, 3.05) is 13.1 Å². The third-order valence-corrected chi connectivity index (χ3v) is 3.68. The van der Waals surface area contributed by atoms with Crippen LogP contribution in [0.4, 0.5) is 0 Å². The van der Waals surface area contributed by atoms with Crippen molar-refractivity contribution in [3.63, 3.8) is 0 Å². The Balaban J connectivity index is 2.23. The number of rotatable bonds is 0. The average Bonchev–Trinajstić information content (AvgIpc) is 2.01. The van der Waals surface area contributed by atoms with Crippen LogP contribution in [0.5, 0.6) is 0 Å². The Kier molecular flexibility index (Phi) is 1.52. The largest absolute Gasteiger partial charge is 0.326 e. The minimum atomic E-state index is 0.265. The Labute approximate surface area is 68.7 Å². The van der Waals surface area contributed by atoms with Gasteiger partial charge < -0.3 is 5.73 Å². The summed E-state index contributed by atoms with van der Waals surface area (Å²) < 4.78 is 0. The maximum Gasteiger partial charge on any atom is 0.0306 e. The molecule has 0 aromatic rings. The molecule has 11 heavy (non-hydrogen) atoms. The number of nitrogens with zero attached hydrogens (tertiary/aromatic N) is 1. The molecule has 64 valence electrons. The van der Waals surface area contributed by atoms with E-state index in [1.165, 1.54) is 25.9 Å². The van der Waals surface area contributed by atoms with Crippen LogP contribution < -0.4 is 5.73 Å². The summed E-state index contributed by atoms with van der Waals surface area (Å²) in [4.78, 5) is 2.54. The highest BCUT2D eigenvalue weighted by atomic mass is 15.2. The Bertz CT molecular complexity index is 153. The number of hydrogen-bond acceptors (Lipinski definition) is 2. The highest BCUT2D eigenvalue weighted by molar-refractivity contribution is 5.03. The van der Waals surface area contributed by atoms with Gasteiger partial charge in [-0.05, 0) is 45.7 Å². The molecule has 0 spiro atoms. The van der Waals surface area contributed by atoms with Gasteiger partial charge in [0.25, 0.3) is 0 Å². The molecule has 3 aliphatic rings. The van der Waals surface area contributed by atoms with Crippen LogP contribution in [0.3, 0.4) is 0 Å². The molecular weight excluding hydrogens is 136 g/mol. The highest BCUT2D eigenvalue weighted by Crippen LogP contribution is 2.37. The van der Waals surface area contributed by atoms with Gasteiger partial charge in [0.05, 0.1) is 0 Å². The van der Waals surface area contributed by atoms with Gasteiger partial charge in [0.1, 0.15) is 0 Å². The zero-order chi connectivity index (χ0) is 8.06. The predicted molar refractivity (Wildman–Crippen MR) is 46.4 cm³/mol. The lowest BCUT2D eigenvalue weighted by atomic mass is 9.72. The molecule has 0 amide bonds. The van der Waals surface area contributed by atoms with Crippen LogP contribution in [-0.2, 0) is 0 Å². The van der Waals surface area contributed by atoms with Crippen molar-refractivity contribution in [3.8, 4) is 0 Å². The molecule has 1 atom stereocenters. The van der Waals surface area contributed by atoms with Crippen LogP contribution in [0.15, 0.2) is 0 Å². The summed E-state index contributed by atoms with van der Waals surface area (Å²) in [6, 6.07) is 0.407. The van der Waals surface area contributed by atoms with E-state index in [9.17, 15) is 0 Å². The van der Waals surface area contributed by atoms with E-state index in [1.54, 1.807) is 0 Å². The molecule has 0 aromatic heterocycles. The molecule has 0 radical (unpaired) electrons. The molecule has 0 saturated carbocycles. The quantitative estimate of drug-likeness (QED) is 0.559. The van der Waals surface area contributed by atoms with Gasteiger partial charge in [-0.1, -0.05) is 0 Å². The molecule has 0 aliphatic carbocycles. The Morgan fingerprint density at radius 2 is 1.82 bits per heavy atom. The number of hydrogen-bond donors (Lipinski definition) is 1. The summed E-state index contributed by atoms with van der Waals surface area (Å²) in [6.45, 7) is 7.10. The van der Waals surface area contributed by atoms with Crippen LogP contribution in [0, 0.1) is 5.92 Å². The summed E-state index contributed by atoms with van der Waals surface area (Å²) in [6.07, 6.45) is 2.65. The SMILES string of the molecule is CC1(C)[C@@H](N)C2CCN1CC2. The lowest BCUT2D eigenvalue weighted by Gasteiger charge is -2.55. The first kappa shape index (κ1) is 7.56. The minimum absolute atomic E-state index is 0.265. The van der Waals surface area contributed by atoms with E-state index in [0.717, 1.165) is 5.92 Å². The topological polar surface area (TPSA) is 29.3 Å². The van der Waals surface area contributed by atoms with E-state index >= 15 is 0 Å². The Morgan fingerprint density at radius 3 is 2.09 bits per heavy atom. The first-order valence-corrected chi connectivity index (χ1v) is 4.63. The van der Waals surface area contributed by atoms with Crippen LogP contribution in [0.1, 0.15) is 26.7 Å². The maximum absolute atomic E-state index is 6.16. The van der Waals surface area contributed by atoms with E-state index in [0.29, 0.717) is 6.04 Å². The smallest absolute Gasteiger partial charge is 0.0306 e. The van der Waals surface area contributed by atoms with Gasteiger partial charge in [-0.25, -0.2) is 0 Å². The number of nitrogens with two attached hydrogens (primary N) is 1. The van der Waals surface area contributed by atoms with E-state index in [1.807, 2.05) is 0 Å². The summed E-state index contributed by atoms with van der Waals surface area (Å²) in [7, 11) is 0. The predicted octanol–water partition coefficient (Wildman–Crippen LogP) is 0.818. The second-order valence-electron chi connectivity index (χ2n) is 4.50. The first-order valence-electron chi connectivity index (χ1n) is 4.63. The minimum Gasteiger partial charge on any atom is -0.326 e. The summed E-state index contributed by atoms with van der Waals surface area (Å²) in [5.74, 6) is 0.801. The van der Waals surface area contributed by atoms with E-state index in [2.05, 4.69) is 18.7 Å². The normalized spacial score (nSPS) is 47.7. The Hall–Kier alpha value is -0.0800. The summed E-state index contributed by atoms with van der Waals surface area (Å²) >= 11 is 0. The van der Waals surface area contributed by atoms with E-state index in [4.69, 9.17) is 5.73 Å². The van der Waals surface area contributed by atoms with Crippen molar-refractivity contribution in [1.29, 1.82) is 0 Å². The van der Waals surface area contributed by atoms with Gasteiger partial charge in [-0.2, -0.15) is 0 Å². The van der Waals surface area contributed by atoms with Crippen LogP contribution in [0.2, 0.25) is 0 Å². The number of piperidine rings is 3. The highest BCUT2D eigenvalue weighted by Gasteiger charge is 2.45. The van der Waals surface area contributed by atoms with Gasteiger partial charge in [-0.15, -0.1) is 0 Å². The molecule has 3 rings (SSSR count). The Morgan fingerprint density at radius 1 is 1.27 bits per heavy atom. The maximum atomic E-state index is 6.16. The van der Waals surface area contributed by atoms with Gasteiger partial charge >= 0.3 is 0 Å². The first-order chi connectivity index (χ1) is 5.12. The van der Waals surface area contributed by atoms with E-state index in [-0.39, 0.29) is 5.54 Å². The monoisotopic (exact) mass is 154 g/mol. The zero-order valence-electron chi connectivity index (χ0n) is 7.51. The fourth-order valence-corrected chi connectivity index (χ4v) is 2.62. The molecule has 0 unspecified atom stereocenters. The molecule has 3 fully saturated rings. The fraction of sp³-hybridized carbons (Fsp3) is 1.00. The molecule has 3 saturated heterocycles. The van der Waals surface area contributed by atoms with Crippen molar-refractivity contribution in [3.05, 3.63) is 0 Å². The van der Waals surface area contributed by atoms with Crippen molar-refractivity contribution >= 4 is 0 Å². The number of fused-ring (bicyclic) bond motifs is 3. The molecule has 3 heterocycles. The molecule has 3 aliphatic heterocycles. The molecule has 0 aromatic carbocycles. The third kappa shape index (κ3) is 0.926. The fourth-order valence-electron chi connectivity index (χ4n) is 2.62. The van der Waals surface area contributed by atoms with Crippen molar-refractivity contribution < 1.29 is 0 Å². The van der Waals surface area contributed by atoms with Gasteiger partial charge in [-0.3, -0.25) is 4.90 Å². The third-order valence-electron chi connectivity index (χ3n) is 3.68. The van der Waals surface area contributed by atoms with Crippen molar-refractivity contribution in [2.45, 2.75) is 38.3 Å². The lowest BCUT2D eigenvalue weighted by Crippen LogP contribution is -2.67.